The van der Waals surface area contributed by atoms with Gasteiger partial charge in [-0.1, -0.05) is 17.7 Å². The van der Waals surface area contributed by atoms with E-state index in [0.717, 1.165) is 37.5 Å². The van der Waals surface area contributed by atoms with Crippen molar-refractivity contribution in [3.05, 3.63) is 46.3 Å². The number of nitrogens with zero attached hydrogens (tertiary/aromatic N) is 2. The number of anilines is 2. The minimum Gasteiger partial charge on any atom is -0.363 e. The lowest BCUT2D eigenvalue weighted by Crippen LogP contribution is -2.49. The Balaban J connectivity index is 0.00000320. The van der Waals surface area contributed by atoms with Gasteiger partial charge in [0.2, 0.25) is 5.91 Å². The largest absolute Gasteiger partial charge is 0.363 e. The van der Waals surface area contributed by atoms with E-state index in [-0.39, 0.29) is 29.9 Å². The van der Waals surface area contributed by atoms with Crippen molar-refractivity contribution in [2.24, 2.45) is 4.99 Å². The molecule has 2 aromatic rings. The van der Waals surface area contributed by atoms with Crippen LogP contribution in [0.15, 0.2) is 40.7 Å². The molecule has 0 atom stereocenters. The van der Waals surface area contributed by atoms with Gasteiger partial charge in [-0.05, 0) is 55.0 Å². The smallest absolute Gasteiger partial charge is 0.226 e. The number of guanidine groups is 1. The fourth-order valence-electron chi connectivity index (χ4n) is 3.31. The molecule has 0 unspecified atom stereocenters. The molecule has 0 radical (unpaired) electrons. The zero-order valence-electron chi connectivity index (χ0n) is 17.3. The van der Waals surface area contributed by atoms with E-state index in [1.165, 1.54) is 5.00 Å². The van der Waals surface area contributed by atoms with Gasteiger partial charge in [0.05, 0.1) is 15.7 Å². The van der Waals surface area contributed by atoms with Crippen molar-refractivity contribution in [2.45, 2.75) is 32.2 Å². The van der Waals surface area contributed by atoms with Crippen LogP contribution in [0.2, 0.25) is 5.02 Å². The Morgan fingerprint density at radius 2 is 2.07 bits per heavy atom. The van der Waals surface area contributed by atoms with E-state index >= 15 is 0 Å². The number of carbonyl (C=O) groups excluding carboxylic acids is 1. The van der Waals surface area contributed by atoms with Crippen LogP contribution in [0.5, 0.6) is 0 Å². The van der Waals surface area contributed by atoms with E-state index in [1.807, 2.05) is 25.1 Å². The monoisotopic (exact) mass is 561 g/mol. The van der Waals surface area contributed by atoms with Gasteiger partial charge in [-0.25, -0.2) is 0 Å². The fourth-order valence-corrected chi connectivity index (χ4v) is 4.38. The van der Waals surface area contributed by atoms with E-state index < -0.39 is 0 Å². The van der Waals surface area contributed by atoms with Crippen LogP contribution in [0.25, 0.3) is 0 Å². The Morgan fingerprint density at radius 1 is 1.30 bits per heavy atom. The van der Waals surface area contributed by atoms with Gasteiger partial charge >= 0.3 is 0 Å². The molecule has 1 saturated heterocycles. The molecule has 1 aliphatic heterocycles. The molecule has 1 aliphatic rings. The Morgan fingerprint density at radius 3 is 2.70 bits per heavy atom. The molecule has 1 aromatic carbocycles. The number of halogens is 2. The summed E-state index contributed by atoms with van der Waals surface area (Å²) in [7, 11) is 1.75. The molecule has 0 aliphatic carbocycles. The van der Waals surface area contributed by atoms with Gasteiger partial charge in [0.1, 0.15) is 0 Å². The average molecular weight is 562 g/mol. The van der Waals surface area contributed by atoms with E-state index in [4.69, 9.17) is 11.6 Å². The summed E-state index contributed by atoms with van der Waals surface area (Å²) in [6, 6.07) is 10.2. The number of hydrogen-bond donors (Lipinski definition) is 3. The second-order valence-corrected chi connectivity index (χ2v) is 8.47. The lowest BCUT2D eigenvalue weighted by molar-refractivity contribution is -0.116. The summed E-state index contributed by atoms with van der Waals surface area (Å²) in [6.45, 7) is 4.54. The highest BCUT2D eigenvalue weighted by molar-refractivity contribution is 14.0. The number of aryl methyl sites for hydroxylation is 1. The van der Waals surface area contributed by atoms with Gasteiger partial charge in [-0.2, -0.15) is 0 Å². The van der Waals surface area contributed by atoms with Crippen LogP contribution in [0.1, 0.15) is 24.8 Å². The van der Waals surface area contributed by atoms with E-state index in [9.17, 15) is 4.79 Å². The van der Waals surface area contributed by atoms with Gasteiger partial charge in [0, 0.05) is 39.1 Å². The van der Waals surface area contributed by atoms with Crippen LogP contribution < -0.4 is 20.9 Å². The van der Waals surface area contributed by atoms with Crippen LogP contribution in [-0.4, -0.2) is 44.6 Å². The van der Waals surface area contributed by atoms with Crippen molar-refractivity contribution >= 4 is 69.5 Å². The Hall–Kier alpha value is -1.52. The van der Waals surface area contributed by atoms with E-state index in [0.29, 0.717) is 29.7 Å². The maximum atomic E-state index is 12.2. The van der Waals surface area contributed by atoms with Crippen molar-refractivity contribution in [3.63, 3.8) is 0 Å². The van der Waals surface area contributed by atoms with Crippen molar-refractivity contribution in [2.75, 3.05) is 36.9 Å². The van der Waals surface area contributed by atoms with Gasteiger partial charge in [-0.3, -0.25) is 9.79 Å². The molecule has 9 heteroatoms. The number of piperidine rings is 1. The molecule has 30 heavy (non-hydrogen) atoms. The summed E-state index contributed by atoms with van der Waals surface area (Å²) in [5, 5.41) is 13.6. The highest BCUT2D eigenvalue weighted by Gasteiger charge is 2.20. The number of amides is 1. The van der Waals surface area contributed by atoms with Crippen molar-refractivity contribution < 1.29 is 4.79 Å². The summed E-state index contributed by atoms with van der Waals surface area (Å²) in [5.41, 5.74) is 1.70. The maximum absolute atomic E-state index is 12.2. The highest BCUT2D eigenvalue weighted by Crippen LogP contribution is 2.25. The maximum Gasteiger partial charge on any atom is 0.226 e. The highest BCUT2D eigenvalue weighted by atomic mass is 127. The van der Waals surface area contributed by atoms with Crippen LogP contribution in [0.3, 0.4) is 0 Å². The molecule has 164 valence electrons. The predicted molar refractivity (Wildman–Crippen MR) is 139 cm³/mol. The lowest BCUT2D eigenvalue weighted by Gasteiger charge is -2.33. The number of rotatable bonds is 6. The number of hydrogen-bond acceptors (Lipinski definition) is 4. The Bertz CT molecular complexity index is 838. The molecule has 3 rings (SSSR count). The first-order valence-corrected chi connectivity index (χ1v) is 11.1. The minimum absolute atomic E-state index is 0. The Kier molecular flexibility index (Phi) is 10.2. The summed E-state index contributed by atoms with van der Waals surface area (Å²) in [5.74, 6) is 0.656. The van der Waals surface area contributed by atoms with Crippen LogP contribution in [0, 0.1) is 6.92 Å². The summed E-state index contributed by atoms with van der Waals surface area (Å²) in [4.78, 5) is 18.9. The third kappa shape index (κ3) is 7.31. The van der Waals surface area contributed by atoms with E-state index in [2.05, 4.69) is 43.4 Å². The first-order chi connectivity index (χ1) is 14.0. The van der Waals surface area contributed by atoms with Gasteiger partial charge in [0.25, 0.3) is 0 Å². The van der Waals surface area contributed by atoms with Crippen LogP contribution >= 0.6 is 46.9 Å². The third-order valence-corrected chi connectivity index (χ3v) is 6.16. The molecule has 6 nitrogen and oxygen atoms in total. The number of carbonyl (C=O) groups is 1. The summed E-state index contributed by atoms with van der Waals surface area (Å²) < 4.78 is 0. The first-order valence-electron chi connectivity index (χ1n) is 9.87. The molecular formula is C21H29ClIN5OS. The zero-order chi connectivity index (χ0) is 20.6. The lowest BCUT2D eigenvalue weighted by atomic mass is 10.1. The zero-order valence-corrected chi connectivity index (χ0v) is 21.2. The molecule has 1 fully saturated rings. The molecule has 1 aromatic heterocycles. The quantitative estimate of drug-likeness (QED) is 0.276. The molecule has 0 saturated carbocycles. The number of nitrogens with one attached hydrogen (secondary N) is 3. The molecular weight excluding hydrogens is 533 g/mol. The second-order valence-electron chi connectivity index (χ2n) is 7.14. The number of aliphatic imine (C=N–C) groups is 1. The van der Waals surface area contributed by atoms with Gasteiger partial charge in [-0.15, -0.1) is 35.3 Å². The minimum atomic E-state index is -0.0806. The summed E-state index contributed by atoms with van der Waals surface area (Å²) in [6.07, 6.45) is 2.46. The van der Waals surface area contributed by atoms with Crippen molar-refractivity contribution in [3.8, 4) is 0 Å². The Labute approximate surface area is 204 Å². The van der Waals surface area contributed by atoms with Crippen molar-refractivity contribution in [1.82, 2.24) is 10.6 Å². The molecule has 0 bridgehead atoms. The third-order valence-electron chi connectivity index (χ3n) is 4.92. The van der Waals surface area contributed by atoms with Gasteiger partial charge < -0.3 is 20.9 Å². The topological polar surface area (TPSA) is 68.8 Å². The normalized spacial score (nSPS) is 14.8. The van der Waals surface area contributed by atoms with E-state index in [1.54, 1.807) is 18.4 Å². The molecule has 1 amide bonds. The molecule has 0 spiro atoms. The number of benzene rings is 1. The van der Waals surface area contributed by atoms with Crippen molar-refractivity contribution in [1.29, 1.82) is 0 Å². The molecule has 3 N–H and O–H groups in total. The summed E-state index contributed by atoms with van der Waals surface area (Å²) >= 11 is 7.96. The van der Waals surface area contributed by atoms with Crippen LogP contribution in [-0.2, 0) is 4.79 Å². The standard InChI is InChI=1S/C21H28ClN5OS.HI/c1-15-5-6-18(17(22)14-15)26-19(28)7-10-24-21(23-2)25-16-8-11-27(12-9-16)20-4-3-13-29-20;/h3-6,13-14,16H,7-12H2,1-2H3,(H,26,28)(H2,23,24,25);1H. The predicted octanol–water partition coefficient (Wildman–Crippen LogP) is 4.49. The van der Waals surface area contributed by atoms with Gasteiger partial charge in [0.15, 0.2) is 5.96 Å². The van der Waals surface area contributed by atoms with Crippen LogP contribution in [0.4, 0.5) is 10.7 Å². The second kappa shape index (κ2) is 12.4. The SMILES string of the molecule is CN=C(NCCC(=O)Nc1ccc(C)cc1Cl)NC1CCN(c2cccs2)CC1.I. The number of thiophene rings is 1. The molecule has 2 heterocycles. The fraction of sp³-hybridized carbons (Fsp3) is 0.429. The first kappa shape index (κ1) is 24.7. The average Bonchev–Trinajstić information content (AvgIpc) is 3.25.